The maximum Gasteiger partial charge on any atom is 0.200 e. The zero-order valence-corrected chi connectivity index (χ0v) is 11.9. The van der Waals surface area contributed by atoms with Gasteiger partial charge in [-0.15, -0.1) is 0 Å². The minimum atomic E-state index is -2.09. The minimum Gasteiger partial charge on any atom is -0.314 e. The van der Waals surface area contributed by atoms with E-state index in [-0.39, 0.29) is 5.92 Å². The second kappa shape index (κ2) is 6.12. The first-order valence-electron chi connectivity index (χ1n) is 7.48. The van der Waals surface area contributed by atoms with Crippen molar-refractivity contribution in [3.8, 4) is 0 Å². The molecule has 22 heavy (non-hydrogen) atoms. The maximum atomic E-state index is 14.2. The molecule has 1 aromatic carbocycles. The SMILES string of the molecule is Fc1c(F)c(F)c([C@H](C2CCC2)N2CCNCC2)c(F)c1F. The van der Waals surface area contributed by atoms with Crippen molar-refractivity contribution in [2.24, 2.45) is 5.92 Å². The first-order chi connectivity index (χ1) is 10.5. The first-order valence-corrected chi connectivity index (χ1v) is 7.48. The van der Waals surface area contributed by atoms with Gasteiger partial charge in [-0.25, -0.2) is 22.0 Å². The van der Waals surface area contributed by atoms with Gasteiger partial charge in [0.05, 0.1) is 0 Å². The van der Waals surface area contributed by atoms with Gasteiger partial charge in [-0.2, -0.15) is 0 Å². The molecule has 0 spiro atoms. The molecule has 0 unspecified atom stereocenters. The Morgan fingerprint density at radius 3 is 1.77 bits per heavy atom. The third-order valence-corrected chi connectivity index (χ3v) is 4.68. The molecule has 1 heterocycles. The molecule has 122 valence electrons. The van der Waals surface area contributed by atoms with Crippen LogP contribution in [0.5, 0.6) is 0 Å². The second-order valence-corrected chi connectivity index (χ2v) is 5.91. The van der Waals surface area contributed by atoms with Gasteiger partial charge in [-0.1, -0.05) is 6.42 Å². The van der Waals surface area contributed by atoms with Crippen molar-refractivity contribution in [3.05, 3.63) is 34.6 Å². The molecule has 0 amide bonds. The number of nitrogens with zero attached hydrogens (tertiary/aromatic N) is 1. The van der Waals surface area contributed by atoms with Gasteiger partial charge in [0.1, 0.15) is 0 Å². The summed E-state index contributed by atoms with van der Waals surface area (Å²) < 4.78 is 68.6. The fourth-order valence-electron chi connectivity index (χ4n) is 3.31. The average molecular weight is 320 g/mol. The molecular weight excluding hydrogens is 303 g/mol. The molecule has 0 aromatic heterocycles. The molecule has 1 N–H and O–H groups in total. The summed E-state index contributed by atoms with van der Waals surface area (Å²) >= 11 is 0. The summed E-state index contributed by atoms with van der Waals surface area (Å²) in [5.74, 6) is -9.24. The molecule has 1 aliphatic carbocycles. The summed E-state index contributed by atoms with van der Waals surface area (Å²) in [4.78, 5) is 1.83. The number of nitrogens with one attached hydrogen (secondary N) is 1. The molecule has 0 radical (unpaired) electrons. The quantitative estimate of drug-likeness (QED) is 0.523. The van der Waals surface area contributed by atoms with Crippen LogP contribution in [0.4, 0.5) is 22.0 Å². The molecule has 3 rings (SSSR count). The van der Waals surface area contributed by atoms with E-state index in [0.29, 0.717) is 26.2 Å². The molecule has 1 saturated heterocycles. The number of halogens is 5. The van der Waals surface area contributed by atoms with Crippen LogP contribution in [0.2, 0.25) is 0 Å². The molecular formula is C15H17F5N2. The highest BCUT2D eigenvalue weighted by molar-refractivity contribution is 5.28. The number of benzene rings is 1. The van der Waals surface area contributed by atoms with Crippen LogP contribution < -0.4 is 5.32 Å². The van der Waals surface area contributed by atoms with Gasteiger partial charge in [0.25, 0.3) is 0 Å². The van der Waals surface area contributed by atoms with Crippen molar-refractivity contribution in [2.75, 3.05) is 26.2 Å². The summed E-state index contributed by atoms with van der Waals surface area (Å²) in [6.45, 7) is 2.33. The Kier molecular flexibility index (Phi) is 4.36. The van der Waals surface area contributed by atoms with E-state index in [4.69, 9.17) is 0 Å². The molecule has 1 atom stereocenters. The summed E-state index contributed by atoms with van der Waals surface area (Å²) in [6.07, 6.45) is 2.41. The van der Waals surface area contributed by atoms with Crippen LogP contribution in [0.15, 0.2) is 0 Å². The lowest BCUT2D eigenvalue weighted by Gasteiger charge is -2.43. The number of hydrogen-bond donors (Lipinski definition) is 1. The highest BCUT2D eigenvalue weighted by atomic mass is 19.2. The van der Waals surface area contributed by atoms with Crippen LogP contribution in [-0.2, 0) is 0 Å². The van der Waals surface area contributed by atoms with Crippen molar-refractivity contribution in [3.63, 3.8) is 0 Å². The first kappa shape index (κ1) is 15.7. The average Bonchev–Trinajstić information content (AvgIpc) is 2.49. The van der Waals surface area contributed by atoms with E-state index >= 15 is 0 Å². The van der Waals surface area contributed by atoms with Gasteiger partial charge in [0.2, 0.25) is 5.82 Å². The van der Waals surface area contributed by atoms with Gasteiger partial charge in [0, 0.05) is 37.8 Å². The summed E-state index contributed by atoms with van der Waals surface area (Å²) in [7, 11) is 0. The Bertz CT molecular complexity index is 539. The summed E-state index contributed by atoms with van der Waals surface area (Å²) in [5.41, 5.74) is -0.664. The van der Waals surface area contributed by atoms with Crippen LogP contribution in [-0.4, -0.2) is 31.1 Å². The van der Waals surface area contributed by atoms with Crippen molar-refractivity contribution in [2.45, 2.75) is 25.3 Å². The van der Waals surface area contributed by atoms with E-state index in [1.165, 1.54) is 0 Å². The Labute approximate surface area is 125 Å². The third kappa shape index (κ3) is 2.50. The van der Waals surface area contributed by atoms with Crippen LogP contribution in [0.3, 0.4) is 0 Å². The number of piperazine rings is 1. The molecule has 2 fully saturated rings. The van der Waals surface area contributed by atoms with Crippen molar-refractivity contribution >= 4 is 0 Å². The van der Waals surface area contributed by atoms with Crippen molar-refractivity contribution in [1.29, 1.82) is 0 Å². The van der Waals surface area contributed by atoms with Crippen molar-refractivity contribution in [1.82, 2.24) is 10.2 Å². The van der Waals surface area contributed by atoms with Crippen LogP contribution >= 0.6 is 0 Å². The Morgan fingerprint density at radius 1 is 0.818 bits per heavy atom. The third-order valence-electron chi connectivity index (χ3n) is 4.68. The number of hydrogen-bond acceptors (Lipinski definition) is 2. The zero-order chi connectivity index (χ0) is 15.9. The smallest absolute Gasteiger partial charge is 0.200 e. The van der Waals surface area contributed by atoms with E-state index in [0.717, 1.165) is 19.3 Å². The van der Waals surface area contributed by atoms with Gasteiger partial charge >= 0.3 is 0 Å². The highest BCUT2D eigenvalue weighted by Crippen LogP contribution is 2.44. The Balaban J connectivity index is 2.07. The topological polar surface area (TPSA) is 15.3 Å². The maximum absolute atomic E-state index is 14.2. The molecule has 0 bridgehead atoms. The Hall–Kier alpha value is -1.21. The predicted octanol–water partition coefficient (Wildman–Crippen LogP) is 3.13. The predicted molar refractivity (Wildman–Crippen MR) is 70.8 cm³/mol. The van der Waals surface area contributed by atoms with E-state index in [9.17, 15) is 22.0 Å². The number of rotatable bonds is 3. The highest BCUT2D eigenvalue weighted by Gasteiger charge is 2.39. The van der Waals surface area contributed by atoms with Crippen LogP contribution in [0, 0.1) is 35.0 Å². The van der Waals surface area contributed by atoms with Crippen molar-refractivity contribution < 1.29 is 22.0 Å². The van der Waals surface area contributed by atoms with Crippen LogP contribution in [0.25, 0.3) is 0 Å². The fraction of sp³-hybridized carbons (Fsp3) is 0.600. The Morgan fingerprint density at radius 2 is 1.32 bits per heavy atom. The van der Waals surface area contributed by atoms with Gasteiger partial charge in [-0.3, -0.25) is 4.90 Å². The normalized spacial score (nSPS) is 21.7. The molecule has 7 heteroatoms. The van der Waals surface area contributed by atoms with Crippen LogP contribution in [0.1, 0.15) is 30.9 Å². The van der Waals surface area contributed by atoms with Gasteiger partial charge in [-0.05, 0) is 18.8 Å². The van der Waals surface area contributed by atoms with Gasteiger partial charge in [0.15, 0.2) is 23.3 Å². The second-order valence-electron chi connectivity index (χ2n) is 5.91. The van der Waals surface area contributed by atoms with E-state index in [2.05, 4.69) is 5.32 Å². The lowest BCUT2D eigenvalue weighted by atomic mass is 9.76. The van der Waals surface area contributed by atoms with E-state index < -0.39 is 40.7 Å². The minimum absolute atomic E-state index is 0.0636. The monoisotopic (exact) mass is 320 g/mol. The summed E-state index contributed by atoms with van der Waals surface area (Å²) in [5, 5.41) is 3.12. The van der Waals surface area contributed by atoms with E-state index in [1.54, 1.807) is 0 Å². The molecule has 1 aromatic rings. The fourth-order valence-corrected chi connectivity index (χ4v) is 3.31. The molecule has 2 aliphatic rings. The molecule has 1 aliphatic heterocycles. The zero-order valence-electron chi connectivity index (χ0n) is 11.9. The standard InChI is InChI=1S/C15H17F5N2/c16-10-9(11(17)13(19)14(20)12(10)18)15(8-2-1-3-8)22-6-4-21-5-7-22/h8,15,21H,1-7H2/t15-/m0/s1. The largest absolute Gasteiger partial charge is 0.314 e. The molecule has 2 nitrogen and oxygen atoms in total. The lowest BCUT2D eigenvalue weighted by molar-refractivity contribution is 0.0768. The van der Waals surface area contributed by atoms with Gasteiger partial charge < -0.3 is 5.32 Å². The summed E-state index contributed by atoms with van der Waals surface area (Å²) in [6, 6.07) is -0.750. The van der Waals surface area contributed by atoms with E-state index in [1.807, 2.05) is 4.90 Å². The molecule has 1 saturated carbocycles. The lowest BCUT2D eigenvalue weighted by Crippen LogP contribution is -2.48.